The van der Waals surface area contributed by atoms with Crippen LogP contribution in [0.3, 0.4) is 0 Å². The third-order valence-electron chi connectivity index (χ3n) is 6.47. The van der Waals surface area contributed by atoms with Gasteiger partial charge in [-0.3, -0.25) is 9.69 Å². The second kappa shape index (κ2) is 9.83. The minimum atomic E-state index is -0.673. The average molecular weight is 437 g/mol. The summed E-state index contributed by atoms with van der Waals surface area (Å²) in [5.41, 5.74) is 2.44. The third-order valence-corrected chi connectivity index (χ3v) is 6.47. The van der Waals surface area contributed by atoms with Crippen LogP contribution < -0.4 is 0 Å². The molecule has 168 valence electrons. The number of benzene rings is 2. The highest BCUT2D eigenvalue weighted by Gasteiger charge is 2.49. The van der Waals surface area contributed by atoms with Gasteiger partial charge in [0.2, 0.25) is 0 Å². The quantitative estimate of drug-likeness (QED) is 0.727. The molecule has 2 aliphatic heterocycles. The van der Waals surface area contributed by atoms with Gasteiger partial charge in [-0.05, 0) is 68.3 Å². The summed E-state index contributed by atoms with van der Waals surface area (Å²) in [4.78, 5) is 17.3. The molecule has 6 heteroatoms. The first-order valence-electron chi connectivity index (χ1n) is 11.2. The van der Waals surface area contributed by atoms with Crippen LogP contribution in [0.2, 0.25) is 0 Å². The number of fused-ring (bicyclic) bond motifs is 1. The molecule has 32 heavy (non-hydrogen) atoms. The molecule has 2 aromatic rings. The van der Waals surface area contributed by atoms with E-state index < -0.39 is 6.10 Å². The highest BCUT2D eigenvalue weighted by molar-refractivity contribution is 5.94. The second-order valence-corrected chi connectivity index (χ2v) is 8.61. The molecular weight excluding hydrogens is 407 g/mol. The number of carbonyl (C=O) groups is 1. The number of halogens is 1. The molecule has 0 spiro atoms. The lowest BCUT2D eigenvalue weighted by atomic mass is 9.74. The van der Waals surface area contributed by atoms with Crippen molar-refractivity contribution in [2.24, 2.45) is 0 Å². The van der Waals surface area contributed by atoms with Crippen molar-refractivity contribution in [1.82, 2.24) is 9.80 Å². The fourth-order valence-electron chi connectivity index (χ4n) is 4.88. The minimum Gasteiger partial charge on any atom is -0.395 e. The minimum absolute atomic E-state index is 0.0234. The molecule has 2 fully saturated rings. The van der Waals surface area contributed by atoms with Crippen molar-refractivity contribution in [3.8, 4) is 11.8 Å². The van der Waals surface area contributed by atoms with Crippen molar-refractivity contribution in [2.45, 2.75) is 43.9 Å². The lowest BCUT2D eigenvalue weighted by Gasteiger charge is -2.57. The molecule has 4 rings (SSSR count). The van der Waals surface area contributed by atoms with Crippen molar-refractivity contribution in [3.63, 3.8) is 0 Å². The summed E-state index contributed by atoms with van der Waals surface area (Å²) in [6.45, 7) is 3.84. The first-order valence-corrected chi connectivity index (χ1v) is 11.2. The van der Waals surface area contributed by atoms with Gasteiger partial charge in [0, 0.05) is 42.2 Å². The van der Waals surface area contributed by atoms with Crippen LogP contribution in [0, 0.1) is 17.7 Å². The van der Waals surface area contributed by atoms with E-state index in [1.165, 1.54) is 24.3 Å². The molecule has 0 saturated carbocycles. The number of hydrogen-bond donors (Lipinski definition) is 2. The Labute approximate surface area is 188 Å². The van der Waals surface area contributed by atoms with Gasteiger partial charge >= 0.3 is 0 Å². The molecule has 2 saturated heterocycles. The van der Waals surface area contributed by atoms with E-state index in [9.17, 15) is 19.4 Å². The molecule has 1 amide bonds. The molecule has 0 aromatic heterocycles. The lowest BCUT2D eigenvalue weighted by molar-refractivity contribution is -0.0606. The van der Waals surface area contributed by atoms with E-state index in [1.807, 2.05) is 29.2 Å². The van der Waals surface area contributed by atoms with Crippen molar-refractivity contribution in [1.29, 1.82) is 0 Å². The Kier molecular flexibility index (Phi) is 6.90. The van der Waals surface area contributed by atoms with Crippen molar-refractivity contribution in [3.05, 3.63) is 71.0 Å². The van der Waals surface area contributed by atoms with Crippen LogP contribution in [0.1, 0.15) is 47.2 Å². The molecule has 2 aromatic carbocycles. The predicted octanol–water partition coefficient (Wildman–Crippen LogP) is 2.62. The summed E-state index contributed by atoms with van der Waals surface area (Å²) in [6, 6.07) is 13.8. The first-order chi connectivity index (χ1) is 15.5. The third kappa shape index (κ3) is 4.71. The fraction of sp³-hybridized carbons (Fsp3) is 0.423. The van der Waals surface area contributed by atoms with Crippen LogP contribution in [0.4, 0.5) is 4.39 Å². The van der Waals surface area contributed by atoms with Gasteiger partial charge in [-0.1, -0.05) is 24.0 Å². The normalized spacial score (nSPS) is 24.2. The Morgan fingerprint density at radius 1 is 1.12 bits per heavy atom. The highest BCUT2D eigenvalue weighted by atomic mass is 19.1. The summed E-state index contributed by atoms with van der Waals surface area (Å²) >= 11 is 0. The molecule has 4 atom stereocenters. The van der Waals surface area contributed by atoms with Gasteiger partial charge in [0.15, 0.2) is 0 Å². The highest BCUT2D eigenvalue weighted by Crippen LogP contribution is 2.42. The van der Waals surface area contributed by atoms with Crippen LogP contribution in [0.25, 0.3) is 0 Å². The molecule has 0 bridgehead atoms. The van der Waals surface area contributed by atoms with Crippen LogP contribution in [-0.2, 0) is 0 Å². The van der Waals surface area contributed by atoms with Crippen molar-refractivity contribution in [2.75, 3.05) is 26.2 Å². The maximum Gasteiger partial charge on any atom is 0.253 e. The van der Waals surface area contributed by atoms with E-state index in [4.69, 9.17) is 0 Å². The van der Waals surface area contributed by atoms with Gasteiger partial charge in [-0.25, -0.2) is 4.39 Å². The zero-order valence-corrected chi connectivity index (χ0v) is 18.2. The van der Waals surface area contributed by atoms with E-state index in [1.54, 1.807) is 6.92 Å². The van der Waals surface area contributed by atoms with Gasteiger partial charge in [-0.2, -0.15) is 0 Å². The summed E-state index contributed by atoms with van der Waals surface area (Å²) < 4.78 is 13.3. The van der Waals surface area contributed by atoms with E-state index >= 15 is 0 Å². The van der Waals surface area contributed by atoms with Gasteiger partial charge in [0.05, 0.1) is 6.61 Å². The molecule has 2 N–H and O–H groups in total. The fourth-order valence-corrected chi connectivity index (χ4v) is 4.88. The summed E-state index contributed by atoms with van der Waals surface area (Å²) in [5.74, 6) is 5.37. The van der Waals surface area contributed by atoms with Crippen molar-refractivity contribution < 1.29 is 19.4 Å². The van der Waals surface area contributed by atoms with E-state index in [0.29, 0.717) is 18.7 Å². The van der Waals surface area contributed by atoms with Gasteiger partial charge in [0.25, 0.3) is 5.91 Å². The number of aliphatic hydroxyl groups excluding tert-OH is 2. The monoisotopic (exact) mass is 436 g/mol. The van der Waals surface area contributed by atoms with Gasteiger partial charge in [0.1, 0.15) is 11.9 Å². The van der Waals surface area contributed by atoms with Crippen LogP contribution in [0.15, 0.2) is 48.5 Å². The summed E-state index contributed by atoms with van der Waals surface area (Å²) in [5, 5.41) is 19.4. The Balaban J connectivity index is 1.55. The SMILES string of the molecule is C[C@H](O)C#Cc1ccc([C@@H]2[C@@H](CO)N3CCCCN(C(=O)c4ccc(F)cc4)C[C@H]23)cc1. The van der Waals surface area contributed by atoms with Crippen LogP contribution >= 0.6 is 0 Å². The largest absolute Gasteiger partial charge is 0.395 e. The topological polar surface area (TPSA) is 64.0 Å². The number of carbonyl (C=O) groups excluding carboxylic acids is 1. The Hall–Kier alpha value is -2.72. The molecule has 0 unspecified atom stereocenters. The van der Waals surface area contributed by atoms with Gasteiger partial charge < -0.3 is 15.1 Å². The number of rotatable bonds is 3. The van der Waals surface area contributed by atoms with E-state index in [0.717, 1.165) is 30.5 Å². The van der Waals surface area contributed by atoms with Crippen molar-refractivity contribution >= 4 is 5.91 Å². The average Bonchev–Trinajstić information content (AvgIpc) is 2.77. The first kappa shape index (κ1) is 22.5. The molecule has 5 nitrogen and oxygen atoms in total. The zero-order valence-electron chi connectivity index (χ0n) is 18.2. The predicted molar refractivity (Wildman–Crippen MR) is 121 cm³/mol. The molecule has 2 aliphatic rings. The standard InChI is InChI=1S/C26H29FN2O3/c1-18(31)4-5-19-6-8-20(9-7-19)25-23-16-28(14-2-3-15-29(23)24(25)17-30)26(32)21-10-12-22(27)13-11-21/h6-13,18,23-25,30-31H,2-3,14-17H2,1H3/t18-,23+,24+,25-/m0/s1. The Bertz CT molecular complexity index is 994. The second-order valence-electron chi connectivity index (χ2n) is 8.61. The number of amides is 1. The number of hydrogen-bond acceptors (Lipinski definition) is 4. The number of nitrogens with zero attached hydrogens (tertiary/aromatic N) is 2. The molecular formula is C26H29FN2O3. The number of aliphatic hydroxyl groups is 2. The van der Waals surface area contributed by atoms with Gasteiger partial charge in [-0.15, -0.1) is 0 Å². The summed E-state index contributed by atoms with van der Waals surface area (Å²) in [6.07, 6.45) is 1.18. The van der Waals surface area contributed by atoms with E-state index in [2.05, 4.69) is 16.7 Å². The van der Waals surface area contributed by atoms with E-state index in [-0.39, 0.29) is 36.3 Å². The lowest BCUT2D eigenvalue weighted by Crippen LogP contribution is -2.67. The Morgan fingerprint density at radius 3 is 2.47 bits per heavy atom. The maximum absolute atomic E-state index is 13.3. The van der Waals surface area contributed by atoms with Crippen LogP contribution in [-0.4, -0.2) is 70.3 Å². The smallest absolute Gasteiger partial charge is 0.253 e. The zero-order chi connectivity index (χ0) is 22.7. The molecule has 0 radical (unpaired) electrons. The molecule has 0 aliphatic carbocycles. The Morgan fingerprint density at radius 2 is 1.81 bits per heavy atom. The molecule has 2 heterocycles. The maximum atomic E-state index is 13.3. The summed E-state index contributed by atoms with van der Waals surface area (Å²) in [7, 11) is 0. The van der Waals surface area contributed by atoms with Crippen LogP contribution in [0.5, 0.6) is 0 Å².